The molecule has 1 fully saturated rings. The molecule has 1 atom stereocenters. The van der Waals surface area contributed by atoms with Crippen LogP contribution in [0.25, 0.3) is 5.76 Å². The molecule has 1 aliphatic rings. The summed E-state index contributed by atoms with van der Waals surface area (Å²) < 4.78 is 0. The maximum Gasteiger partial charge on any atom is 0.300 e. The van der Waals surface area contributed by atoms with Gasteiger partial charge in [-0.05, 0) is 55.0 Å². The van der Waals surface area contributed by atoms with Gasteiger partial charge in [0.15, 0.2) is 0 Å². The number of hydrogen-bond acceptors (Lipinski definition) is 4. The van der Waals surface area contributed by atoms with Crippen LogP contribution in [-0.4, -0.2) is 21.9 Å². The summed E-state index contributed by atoms with van der Waals surface area (Å²) in [4.78, 5) is 27.4. The lowest BCUT2D eigenvalue weighted by atomic mass is 9.95. The maximum atomic E-state index is 13.1. The molecule has 3 aromatic rings. The van der Waals surface area contributed by atoms with Crippen LogP contribution in [0.15, 0.2) is 72.3 Å². The quantitative estimate of drug-likeness (QED) is 0.305. The number of nitrogens with zero attached hydrogens (tertiary/aromatic N) is 1. The third kappa shape index (κ3) is 3.78. The number of rotatable bonds is 3. The summed E-state index contributed by atoms with van der Waals surface area (Å²) >= 11 is 12.1. The van der Waals surface area contributed by atoms with Gasteiger partial charge in [-0.1, -0.05) is 53.0 Å². The molecule has 0 bridgehead atoms. The second-order valence-corrected chi connectivity index (χ2v) is 8.04. The van der Waals surface area contributed by atoms with Gasteiger partial charge in [-0.25, -0.2) is 0 Å². The number of carbonyl (C=O) groups is 2. The zero-order chi connectivity index (χ0) is 22.3. The van der Waals surface area contributed by atoms with Crippen molar-refractivity contribution in [1.82, 2.24) is 0 Å². The number of benzene rings is 3. The van der Waals surface area contributed by atoms with Gasteiger partial charge >= 0.3 is 0 Å². The molecule has 0 aliphatic carbocycles. The molecular weight excluding hydrogens is 437 g/mol. The fourth-order valence-electron chi connectivity index (χ4n) is 3.58. The molecule has 0 aromatic heterocycles. The van der Waals surface area contributed by atoms with Gasteiger partial charge in [0.2, 0.25) is 0 Å². The van der Waals surface area contributed by atoms with Gasteiger partial charge in [-0.3, -0.25) is 14.5 Å². The predicted octanol–water partition coefficient (Wildman–Crippen LogP) is 5.63. The Morgan fingerprint density at radius 2 is 1.55 bits per heavy atom. The fraction of sp³-hybridized carbons (Fsp3) is 0.0833. The van der Waals surface area contributed by atoms with Gasteiger partial charge in [-0.2, -0.15) is 0 Å². The molecule has 0 radical (unpaired) electrons. The summed E-state index contributed by atoms with van der Waals surface area (Å²) in [5.41, 5.74) is 2.25. The lowest BCUT2D eigenvalue weighted by Crippen LogP contribution is -2.29. The first-order valence-electron chi connectivity index (χ1n) is 9.40. The van der Waals surface area contributed by atoms with Crippen molar-refractivity contribution in [3.05, 3.63) is 99.0 Å². The highest BCUT2D eigenvalue weighted by Gasteiger charge is 2.46. The minimum absolute atomic E-state index is 0.0421. The molecule has 2 N–H and O–H groups in total. The molecule has 1 saturated heterocycles. The molecule has 1 heterocycles. The Balaban J connectivity index is 1.94. The van der Waals surface area contributed by atoms with Crippen LogP contribution in [-0.2, 0) is 9.59 Å². The van der Waals surface area contributed by atoms with Crippen molar-refractivity contribution in [2.45, 2.75) is 13.0 Å². The number of amides is 1. The Bertz CT molecular complexity index is 1220. The average Bonchev–Trinajstić information content (AvgIpc) is 3.01. The number of aromatic hydroxyl groups is 1. The van der Waals surface area contributed by atoms with E-state index >= 15 is 0 Å². The third-order valence-electron chi connectivity index (χ3n) is 5.16. The first-order valence-corrected chi connectivity index (χ1v) is 10.2. The summed E-state index contributed by atoms with van der Waals surface area (Å²) in [5, 5.41) is 21.2. The predicted molar refractivity (Wildman–Crippen MR) is 121 cm³/mol. The van der Waals surface area contributed by atoms with Crippen molar-refractivity contribution >= 4 is 46.3 Å². The van der Waals surface area contributed by atoms with E-state index in [1.807, 2.05) is 19.1 Å². The Morgan fingerprint density at radius 3 is 2.16 bits per heavy atom. The van der Waals surface area contributed by atoms with Crippen LogP contribution in [0.4, 0.5) is 5.69 Å². The number of aliphatic hydroxyl groups is 1. The number of carbonyl (C=O) groups excluding carboxylic acids is 2. The van der Waals surface area contributed by atoms with E-state index < -0.39 is 17.7 Å². The minimum atomic E-state index is -0.891. The van der Waals surface area contributed by atoms with Crippen LogP contribution in [0, 0.1) is 6.92 Å². The molecule has 156 valence electrons. The number of anilines is 1. The van der Waals surface area contributed by atoms with E-state index in [9.17, 15) is 19.8 Å². The Labute approximate surface area is 188 Å². The zero-order valence-electron chi connectivity index (χ0n) is 16.3. The number of aryl methyl sites for hydroxylation is 1. The van der Waals surface area contributed by atoms with Gasteiger partial charge in [-0.15, -0.1) is 0 Å². The Hall–Kier alpha value is -3.28. The number of Topliss-reactive ketones (excluding diaryl/α,β-unsaturated/α-hetero) is 1. The molecule has 31 heavy (non-hydrogen) atoms. The summed E-state index contributed by atoms with van der Waals surface area (Å²) in [6, 6.07) is 16.9. The van der Waals surface area contributed by atoms with Gasteiger partial charge in [0.05, 0.1) is 21.7 Å². The lowest BCUT2D eigenvalue weighted by Gasteiger charge is -2.25. The first kappa shape index (κ1) is 21.0. The number of hydrogen-bond donors (Lipinski definition) is 2. The van der Waals surface area contributed by atoms with Crippen LogP contribution >= 0.6 is 23.2 Å². The second kappa shape index (κ2) is 8.10. The van der Waals surface area contributed by atoms with Crippen LogP contribution in [0.2, 0.25) is 10.0 Å². The van der Waals surface area contributed by atoms with Crippen molar-refractivity contribution in [2.24, 2.45) is 0 Å². The largest absolute Gasteiger partial charge is 0.508 e. The normalized spacial score (nSPS) is 17.9. The van der Waals surface area contributed by atoms with Gasteiger partial charge in [0, 0.05) is 11.3 Å². The summed E-state index contributed by atoms with van der Waals surface area (Å²) in [7, 11) is 0. The summed E-state index contributed by atoms with van der Waals surface area (Å²) in [6.07, 6.45) is 0. The van der Waals surface area contributed by atoms with Crippen molar-refractivity contribution < 1.29 is 19.8 Å². The topological polar surface area (TPSA) is 77.8 Å². The maximum absolute atomic E-state index is 13.1. The number of phenolic OH excluding ortho intramolecular Hbond substituents is 1. The van der Waals surface area contributed by atoms with E-state index in [1.165, 1.54) is 35.2 Å². The highest BCUT2D eigenvalue weighted by atomic mass is 35.5. The SMILES string of the molecule is Cc1ccc(N2C(=O)C(=O)/C(=C(\O)c3ccc(Cl)c(Cl)c3)C2c2ccc(O)cc2)cc1. The Morgan fingerprint density at radius 1 is 0.903 bits per heavy atom. The zero-order valence-corrected chi connectivity index (χ0v) is 17.9. The molecule has 1 unspecified atom stereocenters. The number of phenols is 1. The number of ketones is 1. The van der Waals surface area contributed by atoms with Crippen LogP contribution in [0.1, 0.15) is 22.7 Å². The summed E-state index contributed by atoms with van der Waals surface area (Å²) in [5.74, 6) is -1.89. The van der Waals surface area contributed by atoms with E-state index in [-0.39, 0.29) is 27.7 Å². The summed E-state index contributed by atoms with van der Waals surface area (Å²) in [6.45, 7) is 1.92. The fourth-order valence-corrected chi connectivity index (χ4v) is 3.87. The average molecular weight is 454 g/mol. The standard InChI is InChI=1S/C24H17Cl2NO4/c1-13-2-7-16(8-3-13)27-21(14-4-9-17(28)10-5-14)20(23(30)24(27)31)22(29)15-6-11-18(25)19(26)12-15/h2-12,21,28-29H,1H3/b22-20-. The van der Waals surface area contributed by atoms with E-state index in [0.717, 1.165) is 5.56 Å². The molecule has 4 rings (SSSR count). The minimum Gasteiger partial charge on any atom is -0.508 e. The molecule has 1 amide bonds. The van der Waals surface area contributed by atoms with Crippen molar-refractivity contribution in [2.75, 3.05) is 4.90 Å². The van der Waals surface area contributed by atoms with Crippen molar-refractivity contribution in [3.8, 4) is 5.75 Å². The first-order chi connectivity index (χ1) is 14.8. The van der Waals surface area contributed by atoms with E-state index in [2.05, 4.69) is 0 Å². The Kier molecular flexibility index (Phi) is 5.48. The van der Waals surface area contributed by atoms with Crippen molar-refractivity contribution in [1.29, 1.82) is 0 Å². The molecule has 0 spiro atoms. The molecular formula is C24H17Cl2NO4. The van der Waals surface area contributed by atoms with Crippen LogP contribution in [0.3, 0.4) is 0 Å². The van der Waals surface area contributed by atoms with Gasteiger partial charge in [0.1, 0.15) is 11.5 Å². The third-order valence-corrected chi connectivity index (χ3v) is 5.90. The number of aliphatic hydroxyl groups excluding tert-OH is 1. The molecule has 0 saturated carbocycles. The smallest absolute Gasteiger partial charge is 0.300 e. The van der Waals surface area contributed by atoms with Crippen LogP contribution < -0.4 is 4.90 Å². The van der Waals surface area contributed by atoms with Crippen LogP contribution in [0.5, 0.6) is 5.75 Å². The number of halogens is 2. The highest BCUT2D eigenvalue weighted by Crippen LogP contribution is 2.42. The van der Waals surface area contributed by atoms with Gasteiger partial charge in [0.25, 0.3) is 11.7 Å². The molecule has 1 aliphatic heterocycles. The van der Waals surface area contributed by atoms with Gasteiger partial charge < -0.3 is 10.2 Å². The molecule has 5 nitrogen and oxygen atoms in total. The van der Waals surface area contributed by atoms with E-state index in [1.54, 1.807) is 24.3 Å². The van der Waals surface area contributed by atoms with E-state index in [0.29, 0.717) is 16.3 Å². The molecule has 7 heteroatoms. The van der Waals surface area contributed by atoms with E-state index in [4.69, 9.17) is 23.2 Å². The molecule has 3 aromatic carbocycles. The monoisotopic (exact) mass is 453 g/mol. The lowest BCUT2D eigenvalue weighted by molar-refractivity contribution is -0.132. The van der Waals surface area contributed by atoms with Crippen molar-refractivity contribution in [3.63, 3.8) is 0 Å². The highest BCUT2D eigenvalue weighted by molar-refractivity contribution is 6.51. The second-order valence-electron chi connectivity index (χ2n) is 7.23.